The van der Waals surface area contributed by atoms with Crippen molar-refractivity contribution in [2.24, 2.45) is 0 Å². The topological polar surface area (TPSA) is 21.3 Å². The number of hydrogen-bond acceptors (Lipinski definition) is 2. The van der Waals surface area contributed by atoms with Crippen molar-refractivity contribution in [2.75, 3.05) is 20.2 Å². The average Bonchev–Trinajstić information content (AvgIpc) is 2.74. The highest BCUT2D eigenvalue weighted by molar-refractivity contribution is 5.85. The molecule has 1 aliphatic rings. The summed E-state index contributed by atoms with van der Waals surface area (Å²) in [6, 6.07) is 11.5. The molecule has 2 aromatic carbocycles. The van der Waals surface area contributed by atoms with Crippen LogP contribution in [0.2, 0.25) is 0 Å². The van der Waals surface area contributed by atoms with Gasteiger partial charge < -0.3 is 10.1 Å². The van der Waals surface area contributed by atoms with Gasteiger partial charge in [0, 0.05) is 7.11 Å². The van der Waals surface area contributed by atoms with Gasteiger partial charge in [-0.25, -0.2) is 0 Å². The van der Waals surface area contributed by atoms with Crippen LogP contribution in [0.3, 0.4) is 0 Å². The average molecular weight is 482 g/mol. The van der Waals surface area contributed by atoms with E-state index in [-0.39, 0.29) is 29.5 Å². The molecule has 2 nitrogen and oxygen atoms in total. The summed E-state index contributed by atoms with van der Waals surface area (Å²) in [5.41, 5.74) is -1.82. The number of benzene rings is 2. The van der Waals surface area contributed by atoms with E-state index in [0.717, 1.165) is 43.6 Å². The number of ether oxygens (including phenoxy) is 1. The van der Waals surface area contributed by atoms with E-state index in [4.69, 9.17) is 4.74 Å². The lowest BCUT2D eigenvalue weighted by Crippen LogP contribution is -2.40. The van der Waals surface area contributed by atoms with Crippen LogP contribution in [0.25, 0.3) is 0 Å². The molecule has 0 amide bonds. The molecule has 1 unspecified atom stereocenters. The van der Waals surface area contributed by atoms with Gasteiger partial charge >= 0.3 is 12.4 Å². The van der Waals surface area contributed by atoms with Crippen molar-refractivity contribution in [1.29, 1.82) is 0 Å². The minimum atomic E-state index is -4.88. The molecule has 9 heteroatoms. The van der Waals surface area contributed by atoms with Crippen LogP contribution in [0, 0.1) is 0 Å². The van der Waals surface area contributed by atoms with Gasteiger partial charge in [0.25, 0.3) is 0 Å². The van der Waals surface area contributed by atoms with Crippen molar-refractivity contribution < 1.29 is 31.1 Å². The summed E-state index contributed by atoms with van der Waals surface area (Å²) in [4.78, 5) is 0. The molecular weight excluding hydrogens is 456 g/mol. The van der Waals surface area contributed by atoms with Gasteiger partial charge in [0.05, 0.1) is 17.2 Å². The van der Waals surface area contributed by atoms with Gasteiger partial charge in [0.15, 0.2) is 0 Å². The fraction of sp³-hybridized carbons (Fsp3) is 0.478. The number of alkyl halides is 6. The van der Waals surface area contributed by atoms with Crippen LogP contribution < -0.4 is 5.32 Å². The Hall–Kier alpha value is -1.77. The fourth-order valence-electron chi connectivity index (χ4n) is 4.37. The van der Waals surface area contributed by atoms with Crippen molar-refractivity contribution in [1.82, 2.24) is 5.32 Å². The largest absolute Gasteiger partial charge is 0.416 e. The highest BCUT2D eigenvalue weighted by Gasteiger charge is 2.38. The van der Waals surface area contributed by atoms with Gasteiger partial charge in [-0.05, 0) is 73.5 Å². The summed E-state index contributed by atoms with van der Waals surface area (Å²) < 4.78 is 84.9. The van der Waals surface area contributed by atoms with E-state index < -0.39 is 29.6 Å². The molecule has 1 heterocycles. The molecule has 1 fully saturated rings. The summed E-state index contributed by atoms with van der Waals surface area (Å²) >= 11 is 0. The van der Waals surface area contributed by atoms with Gasteiger partial charge in [-0.15, -0.1) is 12.4 Å². The van der Waals surface area contributed by atoms with Gasteiger partial charge in [-0.3, -0.25) is 0 Å². The second-order valence-corrected chi connectivity index (χ2v) is 8.00. The molecule has 1 aliphatic heterocycles. The SMILES string of the molecule is COC(CCC1(c2ccccc2)CCNCC1)c1cc(C(F)(F)F)cc(C(F)(F)F)c1.Cl. The quantitative estimate of drug-likeness (QED) is 0.451. The molecule has 0 saturated carbocycles. The Kier molecular flexibility index (Phi) is 8.64. The van der Waals surface area contributed by atoms with E-state index >= 15 is 0 Å². The Bertz CT molecular complexity index is 831. The molecule has 3 rings (SSSR count). The zero-order valence-electron chi connectivity index (χ0n) is 17.5. The molecule has 0 aromatic heterocycles. The number of halogens is 7. The van der Waals surface area contributed by atoms with Gasteiger partial charge in [-0.2, -0.15) is 26.3 Å². The molecule has 0 aliphatic carbocycles. The second-order valence-electron chi connectivity index (χ2n) is 8.00. The van der Waals surface area contributed by atoms with Crippen LogP contribution in [0.5, 0.6) is 0 Å². The molecule has 1 saturated heterocycles. The van der Waals surface area contributed by atoms with E-state index in [1.54, 1.807) is 0 Å². The predicted octanol–water partition coefficient (Wildman–Crippen LogP) is 6.94. The molecule has 2 aromatic rings. The number of piperidine rings is 1. The van der Waals surface area contributed by atoms with Crippen molar-refractivity contribution in [3.05, 3.63) is 70.8 Å². The van der Waals surface area contributed by atoms with Crippen LogP contribution >= 0.6 is 12.4 Å². The van der Waals surface area contributed by atoms with Crippen LogP contribution in [-0.2, 0) is 22.5 Å². The minimum Gasteiger partial charge on any atom is -0.377 e. The van der Waals surface area contributed by atoms with Crippen LogP contribution in [0.1, 0.15) is 54.0 Å². The number of hydrogen-bond donors (Lipinski definition) is 1. The first-order valence-electron chi connectivity index (χ1n) is 10.1. The molecule has 0 radical (unpaired) electrons. The first kappa shape index (κ1) is 26.5. The summed E-state index contributed by atoms with van der Waals surface area (Å²) in [5, 5.41) is 3.31. The summed E-state index contributed by atoms with van der Waals surface area (Å²) in [6.45, 7) is 1.60. The van der Waals surface area contributed by atoms with E-state index in [0.29, 0.717) is 12.8 Å². The van der Waals surface area contributed by atoms with Gasteiger partial charge in [0.2, 0.25) is 0 Å². The zero-order chi connectivity index (χ0) is 22.7. The number of methoxy groups -OCH3 is 1. The number of rotatable bonds is 6. The first-order valence-corrected chi connectivity index (χ1v) is 10.1. The van der Waals surface area contributed by atoms with Crippen molar-refractivity contribution in [2.45, 2.75) is 49.6 Å². The maximum absolute atomic E-state index is 13.2. The standard InChI is InChI=1S/C23H25F6NO.ClH/c1-31-20(16-13-18(22(24,25)26)15-19(14-16)23(27,28)29)7-8-21(9-11-30-12-10-21)17-5-3-2-4-6-17;/h2-6,13-15,20,30H,7-12H2,1H3;1H. The first-order chi connectivity index (χ1) is 14.5. The van der Waals surface area contributed by atoms with Crippen LogP contribution in [0.4, 0.5) is 26.3 Å². The molecule has 0 spiro atoms. The summed E-state index contributed by atoms with van der Waals surface area (Å²) in [7, 11) is 1.32. The van der Waals surface area contributed by atoms with E-state index in [9.17, 15) is 26.3 Å². The van der Waals surface area contributed by atoms with E-state index in [2.05, 4.69) is 5.32 Å². The third kappa shape index (κ3) is 6.17. The van der Waals surface area contributed by atoms with Gasteiger partial charge in [-0.1, -0.05) is 30.3 Å². The molecular formula is C23H26ClF6NO. The molecule has 178 valence electrons. The Morgan fingerprint density at radius 2 is 1.44 bits per heavy atom. The molecule has 1 N–H and O–H groups in total. The highest BCUT2D eigenvalue weighted by atomic mass is 35.5. The monoisotopic (exact) mass is 481 g/mol. The molecule has 0 bridgehead atoms. The lowest BCUT2D eigenvalue weighted by Gasteiger charge is -2.39. The zero-order valence-corrected chi connectivity index (χ0v) is 18.3. The van der Waals surface area contributed by atoms with Crippen LogP contribution in [0.15, 0.2) is 48.5 Å². The Labute approximate surface area is 189 Å². The molecule has 32 heavy (non-hydrogen) atoms. The van der Waals surface area contributed by atoms with E-state index in [1.165, 1.54) is 7.11 Å². The smallest absolute Gasteiger partial charge is 0.377 e. The number of nitrogens with one attached hydrogen (secondary N) is 1. The Morgan fingerprint density at radius 3 is 1.91 bits per heavy atom. The Morgan fingerprint density at radius 1 is 0.906 bits per heavy atom. The van der Waals surface area contributed by atoms with Crippen molar-refractivity contribution in [3.63, 3.8) is 0 Å². The minimum absolute atomic E-state index is 0. The highest BCUT2D eigenvalue weighted by Crippen LogP contribution is 2.42. The summed E-state index contributed by atoms with van der Waals surface area (Å²) in [5.74, 6) is 0. The fourth-order valence-corrected chi connectivity index (χ4v) is 4.37. The second kappa shape index (κ2) is 10.4. The lowest BCUT2D eigenvalue weighted by molar-refractivity contribution is -0.143. The normalized spacial score (nSPS) is 17.5. The van der Waals surface area contributed by atoms with Gasteiger partial charge in [0.1, 0.15) is 0 Å². The molecule has 1 atom stereocenters. The maximum atomic E-state index is 13.2. The van der Waals surface area contributed by atoms with Crippen molar-refractivity contribution >= 4 is 12.4 Å². The predicted molar refractivity (Wildman–Crippen MR) is 113 cm³/mol. The van der Waals surface area contributed by atoms with Crippen molar-refractivity contribution in [3.8, 4) is 0 Å². The lowest BCUT2D eigenvalue weighted by atomic mass is 9.69. The van der Waals surface area contributed by atoms with Crippen LogP contribution in [-0.4, -0.2) is 20.2 Å². The van der Waals surface area contributed by atoms with E-state index in [1.807, 2.05) is 30.3 Å². The maximum Gasteiger partial charge on any atom is 0.416 e. The Balaban J connectivity index is 0.00000363. The third-order valence-corrected chi connectivity index (χ3v) is 6.10. The summed E-state index contributed by atoms with van der Waals surface area (Å²) in [6.07, 6.45) is -8.06. The third-order valence-electron chi connectivity index (χ3n) is 6.10.